The highest BCUT2D eigenvalue weighted by atomic mass is 16.5. The first-order valence-electron chi connectivity index (χ1n) is 11.0. The summed E-state index contributed by atoms with van der Waals surface area (Å²) in [6.07, 6.45) is 0. The minimum atomic E-state index is -1.25. The lowest BCUT2D eigenvalue weighted by Crippen LogP contribution is -2.30. The van der Waals surface area contributed by atoms with Gasteiger partial charge in [0.25, 0.3) is 11.8 Å². The SMILES string of the molecule is O=C(O)c1ccccc1Oc1ccc(Oc2ccc3c(c2)C(=O)N(c2ccccc2C(=O)O)C3=O)cc1. The molecular formula is C28H17NO8. The number of carbonyl (C=O) groups is 4. The molecule has 0 fully saturated rings. The summed E-state index contributed by atoms with van der Waals surface area (Å²) in [5.74, 6) is -2.35. The normalized spacial score (nSPS) is 12.3. The van der Waals surface area contributed by atoms with Crippen LogP contribution in [0.25, 0.3) is 0 Å². The van der Waals surface area contributed by atoms with Gasteiger partial charge in [0.2, 0.25) is 0 Å². The van der Waals surface area contributed by atoms with E-state index in [1.807, 2.05) is 0 Å². The van der Waals surface area contributed by atoms with Gasteiger partial charge in [-0.3, -0.25) is 9.59 Å². The number of ether oxygens (including phenoxy) is 2. The number of hydrogen-bond donors (Lipinski definition) is 2. The van der Waals surface area contributed by atoms with Crippen molar-refractivity contribution in [2.24, 2.45) is 0 Å². The van der Waals surface area contributed by atoms with Gasteiger partial charge in [0.1, 0.15) is 28.6 Å². The number of carboxylic acids is 2. The Morgan fingerprint density at radius 2 is 1.14 bits per heavy atom. The number of carbonyl (C=O) groups excluding carboxylic acids is 2. The second-order valence-corrected chi connectivity index (χ2v) is 7.95. The lowest BCUT2D eigenvalue weighted by Gasteiger charge is -2.16. The summed E-state index contributed by atoms with van der Waals surface area (Å²) in [4.78, 5) is 49.8. The van der Waals surface area contributed by atoms with Gasteiger partial charge in [-0.05, 0) is 66.7 Å². The van der Waals surface area contributed by atoms with E-state index in [-0.39, 0.29) is 39.4 Å². The molecule has 0 bridgehead atoms. The summed E-state index contributed by atoms with van der Waals surface area (Å²) >= 11 is 0. The second-order valence-electron chi connectivity index (χ2n) is 7.95. The van der Waals surface area contributed by atoms with Crippen molar-refractivity contribution in [3.8, 4) is 23.0 Å². The predicted octanol–water partition coefficient (Wildman–Crippen LogP) is 5.47. The summed E-state index contributed by atoms with van der Waals surface area (Å²) in [6, 6.07) is 22.9. The Morgan fingerprint density at radius 3 is 1.81 bits per heavy atom. The molecule has 0 aliphatic carbocycles. The van der Waals surface area contributed by atoms with Gasteiger partial charge >= 0.3 is 11.9 Å². The van der Waals surface area contributed by atoms with Crippen LogP contribution in [0, 0.1) is 0 Å². The van der Waals surface area contributed by atoms with Crippen molar-refractivity contribution in [1.29, 1.82) is 0 Å². The van der Waals surface area contributed by atoms with Crippen molar-refractivity contribution in [2.75, 3.05) is 4.90 Å². The molecule has 2 amide bonds. The van der Waals surface area contributed by atoms with E-state index < -0.39 is 23.8 Å². The van der Waals surface area contributed by atoms with Crippen molar-refractivity contribution in [3.63, 3.8) is 0 Å². The molecule has 0 aromatic heterocycles. The monoisotopic (exact) mass is 495 g/mol. The van der Waals surface area contributed by atoms with E-state index >= 15 is 0 Å². The smallest absolute Gasteiger partial charge is 0.339 e. The third-order valence-corrected chi connectivity index (χ3v) is 5.64. The number of nitrogens with zero attached hydrogens (tertiary/aromatic N) is 1. The summed E-state index contributed by atoms with van der Waals surface area (Å²) in [7, 11) is 0. The molecule has 0 spiro atoms. The molecule has 37 heavy (non-hydrogen) atoms. The first kappa shape index (κ1) is 23.3. The Balaban J connectivity index is 1.35. The van der Waals surface area contributed by atoms with Crippen LogP contribution in [-0.2, 0) is 0 Å². The average Bonchev–Trinajstić information content (AvgIpc) is 3.14. The largest absolute Gasteiger partial charge is 0.478 e. The zero-order valence-electron chi connectivity index (χ0n) is 19.0. The molecule has 0 saturated heterocycles. The summed E-state index contributed by atoms with van der Waals surface area (Å²) < 4.78 is 11.5. The molecule has 4 aromatic carbocycles. The molecule has 4 aromatic rings. The van der Waals surface area contributed by atoms with E-state index in [2.05, 4.69) is 0 Å². The number of benzene rings is 4. The van der Waals surface area contributed by atoms with Gasteiger partial charge in [-0.15, -0.1) is 0 Å². The van der Waals surface area contributed by atoms with E-state index in [1.165, 1.54) is 42.5 Å². The Bertz CT molecular complexity index is 1580. The van der Waals surface area contributed by atoms with Crippen molar-refractivity contribution in [3.05, 3.63) is 113 Å². The van der Waals surface area contributed by atoms with Crippen LogP contribution in [-0.4, -0.2) is 34.0 Å². The summed E-state index contributed by atoms with van der Waals surface area (Å²) in [5.41, 5.74) is 0.0806. The molecule has 9 heteroatoms. The molecule has 0 saturated carbocycles. The van der Waals surface area contributed by atoms with E-state index in [9.17, 15) is 29.4 Å². The molecule has 1 aliphatic rings. The van der Waals surface area contributed by atoms with Crippen LogP contribution in [0.2, 0.25) is 0 Å². The van der Waals surface area contributed by atoms with Gasteiger partial charge in [-0.2, -0.15) is 0 Å². The quantitative estimate of drug-likeness (QED) is 0.323. The van der Waals surface area contributed by atoms with Crippen LogP contribution in [0.3, 0.4) is 0 Å². The fourth-order valence-electron chi connectivity index (χ4n) is 3.92. The fraction of sp³-hybridized carbons (Fsp3) is 0. The van der Waals surface area contributed by atoms with Crippen molar-refractivity contribution < 1.29 is 38.9 Å². The molecule has 182 valence electrons. The van der Waals surface area contributed by atoms with Crippen LogP contribution < -0.4 is 14.4 Å². The lowest BCUT2D eigenvalue weighted by molar-refractivity contribution is 0.0684. The van der Waals surface area contributed by atoms with Gasteiger partial charge in [0.15, 0.2) is 0 Å². The van der Waals surface area contributed by atoms with Crippen LogP contribution >= 0.6 is 0 Å². The molecule has 2 N–H and O–H groups in total. The van der Waals surface area contributed by atoms with E-state index in [0.29, 0.717) is 11.5 Å². The highest BCUT2D eigenvalue weighted by Crippen LogP contribution is 2.34. The first-order chi connectivity index (χ1) is 17.8. The van der Waals surface area contributed by atoms with E-state index in [1.54, 1.807) is 48.5 Å². The van der Waals surface area contributed by atoms with Gasteiger partial charge in [-0.1, -0.05) is 24.3 Å². The van der Waals surface area contributed by atoms with E-state index in [0.717, 1.165) is 4.90 Å². The lowest BCUT2D eigenvalue weighted by atomic mass is 10.1. The van der Waals surface area contributed by atoms with Crippen molar-refractivity contribution in [2.45, 2.75) is 0 Å². The molecule has 0 atom stereocenters. The Kier molecular flexibility index (Phi) is 5.86. The average molecular weight is 495 g/mol. The van der Waals surface area contributed by atoms with Crippen LogP contribution in [0.4, 0.5) is 5.69 Å². The zero-order valence-corrected chi connectivity index (χ0v) is 19.0. The minimum Gasteiger partial charge on any atom is -0.478 e. The Hall–Kier alpha value is -5.44. The molecule has 0 unspecified atom stereocenters. The van der Waals surface area contributed by atoms with Crippen LogP contribution in [0.15, 0.2) is 91.0 Å². The topological polar surface area (TPSA) is 130 Å². The highest BCUT2D eigenvalue weighted by Gasteiger charge is 2.38. The number of hydrogen-bond acceptors (Lipinski definition) is 6. The number of amides is 2. The zero-order chi connectivity index (χ0) is 26.1. The molecule has 9 nitrogen and oxygen atoms in total. The molecule has 0 radical (unpaired) electrons. The molecular weight excluding hydrogens is 478 g/mol. The number of para-hydroxylation sites is 2. The number of aromatic carboxylic acids is 2. The van der Waals surface area contributed by atoms with Crippen molar-refractivity contribution >= 4 is 29.4 Å². The highest BCUT2D eigenvalue weighted by molar-refractivity contribution is 6.35. The minimum absolute atomic E-state index is 0.0104. The van der Waals surface area contributed by atoms with Gasteiger partial charge in [0, 0.05) is 0 Å². The molecule has 1 aliphatic heterocycles. The van der Waals surface area contributed by atoms with Gasteiger partial charge in [0.05, 0.1) is 22.4 Å². The maximum Gasteiger partial charge on any atom is 0.339 e. The number of rotatable bonds is 7. The number of fused-ring (bicyclic) bond motifs is 1. The van der Waals surface area contributed by atoms with Crippen LogP contribution in [0.5, 0.6) is 23.0 Å². The van der Waals surface area contributed by atoms with Crippen molar-refractivity contribution in [1.82, 2.24) is 0 Å². The summed E-state index contributed by atoms with van der Waals surface area (Å²) in [5, 5.41) is 18.8. The maximum absolute atomic E-state index is 13.1. The number of anilines is 1. The third kappa shape index (κ3) is 4.37. The first-order valence-corrected chi connectivity index (χ1v) is 11.0. The maximum atomic E-state index is 13.1. The number of imide groups is 1. The Labute approximate surface area is 209 Å². The molecule has 1 heterocycles. The predicted molar refractivity (Wildman–Crippen MR) is 131 cm³/mol. The van der Waals surface area contributed by atoms with Gasteiger partial charge in [-0.25, -0.2) is 14.5 Å². The second kappa shape index (κ2) is 9.31. The summed E-state index contributed by atoms with van der Waals surface area (Å²) in [6.45, 7) is 0. The standard InChI is InChI=1S/C28H17NO8/c30-25-19-14-13-18(15-22(19)26(31)29(25)23-7-3-1-5-20(23)27(32)33)36-16-9-11-17(12-10-16)37-24-8-4-2-6-21(24)28(34)35/h1-15H,(H,32,33)(H,34,35). The Morgan fingerprint density at radius 1 is 0.595 bits per heavy atom. The van der Waals surface area contributed by atoms with Crippen LogP contribution in [0.1, 0.15) is 41.4 Å². The third-order valence-electron chi connectivity index (χ3n) is 5.64. The molecule has 5 rings (SSSR count). The fourth-order valence-corrected chi connectivity index (χ4v) is 3.92. The van der Waals surface area contributed by atoms with Gasteiger partial charge < -0.3 is 19.7 Å². The van der Waals surface area contributed by atoms with E-state index in [4.69, 9.17) is 9.47 Å². The number of carboxylic acid groups (broad SMARTS) is 2.